The molecule has 3 saturated carbocycles. The van der Waals surface area contributed by atoms with Crippen LogP contribution < -0.4 is 0 Å². The fourth-order valence-electron chi connectivity index (χ4n) is 6.55. The van der Waals surface area contributed by atoms with Gasteiger partial charge >= 0.3 is 0 Å². The molecule has 5 unspecified atom stereocenters. The summed E-state index contributed by atoms with van der Waals surface area (Å²) in [6.07, 6.45) is 13.8. The highest BCUT2D eigenvalue weighted by atomic mass is 16.1. The van der Waals surface area contributed by atoms with Gasteiger partial charge in [0, 0.05) is 6.42 Å². The zero-order valence-corrected chi connectivity index (χ0v) is 15.1. The van der Waals surface area contributed by atoms with Gasteiger partial charge in [0.15, 0.2) is 5.78 Å². The zero-order chi connectivity index (χ0) is 16.0. The van der Waals surface area contributed by atoms with Crippen molar-refractivity contribution in [3.63, 3.8) is 0 Å². The van der Waals surface area contributed by atoms with Gasteiger partial charge in [0.2, 0.25) is 0 Å². The Bertz CT molecular complexity index is 476. The second-order valence-corrected chi connectivity index (χ2v) is 8.55. The Hall–Kier alpha value is -0.590. The maximum absolute atomic E-state index is 11.8. The molecule has 0 aliphatic heterocycles. The first-order chi connectivity index (χ1) is 10.5. The third-order valence-electron chi connectivity index (χ3n) is 7.74. The molecule has 1 nitrogen and oxygen atoms in total. The molecule has 124 valence electrons. The van der Waals surface area contributed by atoms with Crippen molar-refractivity contribution < 1.29 is 4.79 Å². The van der Waals surface area contributed by atoms with Gasteiger partial charge in [-0.2, -0.15) is 0 Å². The lowest BCUT2D eigenvalue weighted by molar-refractivity contribution is -0.117. The topological polar surface area (TPSA) is 17.1 Å². The van der Waals surface area contributed by atoms with Crippen molar-refractivity contribution >= 4 is 5.78 Å². The lowest BCUT2D eigenvalue weighted by Gasteiger charge is -2.57. The molecule has 0 bridgehead atoms. The van der Waals surface area contributed by atoms with Gasteiger partial charge in [0.25, 0.3) is 0 Å². The molecule has 0 radical (unpaired) electrons. The average molecular weight is 303 g/mol. The predicted octanol–water partition coefficient (Wildman–Crippen LogP) is 5.93. The smallest absolute Gasteiger partial charge is 0.155 e. The molecule has 4 aliphatic rings. The van der Waals surface area contributed by atoms with Crippen LogP contribution in [-0.2, 0) is 4.79 Å². The van der Waals surface area contributed by atoms with E-state index in [1.54, 1.807) is 0 Å². The van der Waals surface area contributed by atoms with E-state index >= 15 is 0 Å². The highest BCUT2D eigenvalue weighted by molar-refractivity contribution is 5.91. The fourth-order valence-corrected chi connectivity index (χ4v) is 6.55. The molecule has 0 spiro atoms. The summed E-state index contributed by atoms with van der Waals surface area (Å²) >= 11 is 0. The number of ketones is 1. The van der Waals surface area contributed by atoms with Crippen LogP contribution in [0.1, 0.15) is 85.5 Å². The summed E-state index contributed by atoms with van der Waals surface area (Å²) in [5.74, 6) is 3.19. The highest BCUT2D eigenvalue weighted by Crippen LogP contribution is 2.65. The van der Waals surface area contributed by atoms with E-state index < -0.39 is 0 Å². The van der Waals surface area contributed by atoms with Crippen molar-refractivity contribution in [2.24, 2.45) is 28.6 Å². The number of hydrogen-bond acceptors (Lipinski definition) is 1. The van der Waals surface area contributed by atoms with Gasteiger partial charge in [-0.05, 0) is 79.6 Å². The van der Waals surface area contributed by atoms with E-state index in [2.05, 4.69) is 13.8 Å². The van der Waals surface area contributed by atoms with Crippen molar-refractivity contribution in [2.45, 2.75) is 85.5 Å². The molecule has 22 heavy (non-hydrogen) atoms. The number of allylic oxidation sites excluding steroid dienone is 1. The summed E-state index contributed by atoms with van der Waals surface area (Å²) in [5.41, 5.74) is 2.53. The van der Waals surface area contributed by atoms with Crippen molar-refractivity contribution in [1.82, 2.24) is 0 Å². The SMILES string of the molecule is CC.CC12CCCC1C1CCC3=CC(=O)CCC3(C)C1CC2. The van der Waals surface area contributed by atoms with Crippen molar-refractivity contribution in [3.05, 3.63) is 11.6 Å². The minimum Gasteiger partial charge on any atom is -0.295 e. The number of rotatable bonds is 0. The van der Waals surface area contributed by atoms with Crippen molar-refractivity contribution in [1.29, 1.82) is 0 Å². The summed E-state index contributed by atoms with van der Waals surface area (Å²) in [6, 6.07) is 0. The first-order valence-corrected chi connectivity index (χ1v) is 9.77. The van der Waals surface area contributed by atoms with Crippen LogP contribution in [-0.4, -0.2) is 5.78 Å². The van der Waals surface area contributed by atoms with Gasteiger partial charge in [-0.25, -0.2) is 0 Å². The molecular weight excluding hydrogens is 268 g/mol. The van der Waals surface area contributed by atoms with Crippen LogP contribution in [0.4, 0.5) is 0 Å². The molecule has 0 aromatic rings. The van der Waals surface area contributed by atoms with E-state index in [1.165, 1.54) is 50.5 Å². The minimum absolute atomic E-state index is 0.362. The number of hydrogen-bond donors (Lipinski definition) is 0. The third kappa shape index (κ3) is 2.31. The van der Waals surface area contributed by atoms with Crippen LogP contribution >= 0.6 is 0 Å². The monoisotopic (exact) mass is 302 g/mol. The van der Waals surface area contributed by atoms with Crippen LogP contribution in [0.3, 0.4) is 0 Å². The summed E-state index contributed by atoms with van der Waals surface area (Å²) < 4.78 is 0. The van der Waals surface area contributed by atoms with Gasteiger partial charge in [0.1, 0.15) is 0 Å². The second kappa shape index (κ2) is 5.80. The quantitative estimate of drug-likeness (QED) is 0.541. The van der Waals surface area contributed by atoms with Crippen LogP contribution in [0.25, 0.3) is 0 Å². The molecule has 4 aliphatic carbocycles. The van der Waals surface area contributed by atoms with Crippen molar-refractivity contribution in [3.8, 4) is 0 Å². The zero-order valence-electron chi connectivity index (χ0n) is 15.1. The van der Waals surface area contributed by atoms with E-state index in [1.807, 2.05) is 19.9 Å². The summed E-state index contributed by atoms with van der Waals surface area (Å²) in [7, 11) is 0. The molecule has 5 atom stereocenters. The van der Waals surface area contributed by atoms with E-state index in [0.29, 0.717) is 16.6 Å². The van der Waals surface area contributed by atoms with Gasteiger partial charge in [-0.1, -0.05) is 39.7 Å². The summed E-state index contributed by atoms with van der Waals surface area (Å²) in [5, 5.41) is 0. The van der Waals surface area contributed by atoms with E-state index in [9.17, 15) is 4.79 Å². The molecular formula is C21H34O. The Balaban J connectivity index is 0.000000693. The van der Waals surface area contributed by atoms with Crippen molar-refractivity contribution in [2.75, 3.05) is 0 Å². The molecule has 4 rings (SSSR count). The normalized spacial score (nSPS) is 46.6. The first-order valence-electron chi connectivity index (χ1n) is 9.77. The van der Waals surface area contributed by atoms with Gasteiger partial charge in [-0.3, -0.25) is 4.79 Å². The Morgan fingerprint density at radius 3 is 2.50 bits per heavy atom. The Morgan fingerprint density at radius 2 is 1.73 bits per heavy atom. The molecule has 1 heteroatoms. The van der Waals surface area contributed by atoms with Gasteiger partial charge in [0.05, 0.1) is 0 Å². The molecule has 0 amide bonds. The summed E-state index contributed by atoms with van der Waals surface area (Å²) in [6.45, 7) is 9.05. The van der Waals surface area contributed by atoms with Crippen LogP contribution in [0, 0.1) is 28.6 Å². The predicted molar refractivity (Wildman–Crippen MR) is 92.7 cm³/mol. The van der Waals surface area contributed by atoms with Crippen LogP contribution in [0.2, 0.25) is 0 Å². The maximum atomic E-state index is 11.8. The highest BCUT2D eigenvalue weighted by Gasteiger charge is 2.55. The van der Waals surface area contributed by atoms with E-state index in [-0.39, 0.29) is 0 Å². The molecule has 0 heterocycles. The van der Waals surface area contributed by atoms with Crippen LogP contribution in [0.5, 0.6) is 0 Å². The van der Waals surface area contributed by atoms with E-state index in [4.69, 9.17) is 0 Å². The average Bonchev–Trinajstić information content (AvgIpc) is 2.92. The number of fused-ring (bicyclic) bond motifs is 5. The number of carbonyl (C=O) groups excluding carboxylic acids is 1. The van der Waals surface area contributed by atoms with Crippen LogP contribution in [0.15, 0.2) is 11.6 Å². The second-order valence-electron chi connectivity index (χ2n) is 8.55. The first kappa shape index (κ1) is 16.3. The summed E-state index contributed by atoms with van der Waals surface area (Å²) in [4.78, 5) is 11.8. The van der Waals surface area contributed by atoms with Gasteiger partial charge < -0.3 is 0 Å². The standard InChI is InChI=1S/C19H28O.C2H6/c1-18-9-3-4-16(18)15-6-5-13-12-14(20)7-11-19(13,2)17(15)8-10-18;1-2/h12,15-17H,3-11H2,1-2H3;1-2H3. The molecule has 0 aromatic heterocycles. The lowest BCUT2D eigenvalue weighted by Crippen LogP contribution is -2.49. The minimum atomic E-state index is 0.362. The number of carbonyl (C=O) groups is 1. The molecule has 0 N–H and O–H groups in total. The third-order valence-corrected chi connectivity index (χ3v) is 7.74. The fraction of sp³-hybridized carbons (Fsp3) is 0.857. The van der Waals surface area contributed by atoms with E-state index in [0.717, 1.165) is 30.6 Å². The maximum Gasteiger partial charge on any atom is 0.155 e. The molecule has 0 aromatic carbocycles. The molecule has 3 fully saturated rings. The Kier molecular flexibility index (Phi) is 4.29. The Labute approximate surface area is 136 Å². The lowest BCUT2D eigenvalue weighted by atomic mass is 9.47. The molecule has 0 saturated heterocycles. The Morgan fingerprint density at radius 1 is 0.955 bits per heavy atom. The van der Waals surface area contributed by atoms with Gasteiger partial charge in [-0.15, -0.1) is 0 Å². The largest absolute Gasteiger partial charge is 0.295 e.